The van der Waals surface area contributed by atoms with Gasteiger partial charge in [0.15, 0.2) is 0 Å². The lowest BCUT2D eigenvalue weighted by Gasteiger charge is -2.32. The van der Waals surface area contributed by atoms with Gasteiger partial charge in [-0.1, -0.05) is 30.3 Å². The second kappa shape index (κ2) is 6.47. The Morgan fingerprint density at radius 2 is 1.90 bits per heavy atom. The Hall–Kier alpha value is -0.900. The van der Waals surface area contributed by atoms with E-state index < -0.39 is 0 Å². The van der Waals surface area contributed by atoms with Gasteiger partial charge in [0.25, 0.3) is 0 Å². The molecule has 0 aliphatic carbocycles. The maximum Gasteiger partial charge on any atom is 0.0678 e. The molecule has 0 spiro atoms. The Bertz CT molecular complexity index is 442. The third-order valence-corrected chi connectivity index (χ3v) is 4.67. The predicted molar refractivity (Wildman–Crippen MR) is 87.8 cm³/mol. The summed E-state index contributed by atoms with van der Waals surface area (Å²) < 4.78 is 6.20. The average Bonchev–Trinajstić information content (AvgIpc) is 2.64. The highest BCUT2D eigenvalue weighted by atomic mass is 16.5. The van der Waals surface area contributed by atoms with Crippen LogP contribution in [0.1, 0.15) is 52.5 Å². The molecule has 2 rings (SSSR count). The van der Waals surface area contributed by atoms with Gasteiger partial charge in [-0.25, -0.2) is 0 Å². The van der Waals surface area contributed by atoms with E-state index in [0.29, 0.717) is 12.0 Å². The highest BCUT2D eigenvalue weighted by molar-refractivity contribution is 5.14. The minimum absolute atomic E-state index is 0.0529. The first kappa shape index (κ1) is 16.5. The first-order chi connectivity index (χ1) is 9.84. The van der Waals surface area contributed by atoms with Crippen molar-refractivity contribution in [3.05, 3.63) is 35.9 Å². The zero-order valence-corrected chi connectivity index (χ0v) is 13.9. The quantitative estimate of drug-likeness (QED) is 0.623. The van der Waals surface area contributed by atoms with E-state index in [9.17, 15) is 0 Å². The Morgan fingerprint density at radius 3 is 2.43 bits per heavy atom. The maximum atomic E-state index is 6.20. The summed E-state index contributed by atoms with van der Waals surface area (Å²) in [6.45, 7) is 8.72. The van der Waals surface area contributed by atoms with Crippen molar-refractivity contribution in [2.75, 3.05) is 0 Å². The molecule has 118 valence electrons. The van der Waals surface area contributed by atoms with Crippen LogP contribution in [0.15, 0.2) is 30.3 Å². The van der Waals surface area contributed by atoms with Crippen LogP contribution in [0.2, 0.25) is 0 Å². The van der Waals surface area contributed by atoms with Gasteiger partial charge in [0.05, 0.1) is 11.2 Å². The van der Waals surface area contributed by atoms with Crippen molar-refractivity contribution in [2.24, 2.45) is 11.8 Å². The van der Waals surface area contributed by atoms with Gasteiger partial charge >= 0.3 is 0 Å². The molecule has 0 radical (unpaired) electrons. The third kappa shape index (κ3) is 4.29. The smallest absolute Gasteiger partial charge is 0.0678 e. The van der Waals surface area contributed by atoms with Crippen LogP contribution >= 0.6 is 0 Å². The SMILES string of the molecule is CC1(C)CC(C(CCCc2ccccc2)NN)C(C)(C)O1. The molecule has 1 aliphatic heterocycles. The monoisotopic (exact) mass is 290 g/mol. The molecule has 2 atom stereocenters. The minimum Gasteiger partial charge on any atom is -0.369 e. The summed E-state index contributed by atoms with van der Waals surface area (Å²) in [5.74, 6) is 6.29. The lowest BCUT2D eigenvalue weighted by atomic mass is 9.80. The largest absolute Gasteiger partial charge is 0.369 e. The van der Waals surface area contributed by atoms with Gasteiger partial charge in [0.1, 0.15) is 0 Å². The number of nitrogens with two attached hydrogens (primary N) is 1. The fraction of sp³-hybridized carbons (Fsp3) is 0.667. The molecule has 0 bridgehead atoms. The van der Waals surface area contributed by atoms with Gasteiger partial charge < -0.3 is 4.74 Å². The van der Waals surface area contributed by atoms with Crippen LogP contribution in [-0.2, 0) is 11.2 Å². The van der Waals surface area contributed by atoms with Crippen molar-refractivity contribution in [1.29, 1.82) is 0 Å². The molecule has 1 aromatic carbocycles. The van der Waals surface area contributed by atoms with E-state index in [2.05, 4.69) is 63.5 Å². The van der Waals surface area contributed by atoms with Crippen molar-refractivity contribution >= 4 is 0 Å². The molecular weight excluding hydrogens is 260 g/mol. The van der Waals surface area contributed by atoms with E-state index in [1.54, 1.807) is 0 Å². The number of hydrazine groups is 1. The van der Waals surface area contributed by atoms with Crippen molar-refractivity contribution in [1.82, 2.24) is 5.43 Å². The number of rotatable bonds is 6. The van der Waals surface area contributed by atoms with Crippen molar-refractivity contribution in [3.8, 4) is 0 Å². The molecule has 0 saturated carbocycles. The minimum atomic E-state index is -0.118. The highest BCUT2D eigenvalue weighted by Gasteiger charge is 2.48. The van der Waals surface area contributed by atoms with Crippen molar-refractivity contribution in [2.45, 2.75) is 70.6 Å². The molecular formula is C18H30N2O. The third-order valence-electron chi connectivity index (χ3n) is 4.67. The second-order valence-corrected chi connectivity index (χ2v) is 7.43. The summed E-state index contributed by atoms with van der Waals surface area (Å²) in [6, 6.07) is 11.0. The van der Waals surface area contributed by atoms with Crippen LogP contribution in [0.3, 0.4) is 0 Å². The number of hydrogen-bond acceptors (Lipinski definition) is 3. The topological polar surface area (TPSA) is 47.3 Å². The first-order valence-corrected chi connectivity index (χ1v) is 8.04. The van der Waals surface area contributed by atoms with E-state index in [4.69, 9.17) is 10.6 Å². The molecule has 3 N–H and O–H groups in total. The summed E-state index contributed by atoms with van der Waals surface area (Å²) in [4.78, 5) is 0. The lowest BCUT2D eigenvalue weighted by molar-refractivity contribution is -0.0779. The van der Waals surface area contributed by atoms with Gasteiger partial charge in [0, 0.05) is 12.0 Å². The van der Waals surface area contributed by atoms with Gasteiger partial charge in [-0.05, 0) is 58.9 Å². The summed E-state index contributed by atoms with van der Waals surface area (Å²) in [5, 5.41) is 0. The number of hydrogen-bond donors (Lipinski definition) is 2. The fourth-order valence-corrected chi connectivity index (χ4v) is 3.80. The average molecular weight is 290 g/mol. The lowest BCUT2D eigenvalue weighted by Crippen LogP contribution is -2.47. The normalized spacial score (nSPS) is 24.9. The summed E-state index contributed by atoms with van der Waals surface area (Å²) in [7, 11) is 0. The van der Waals surface area contributed by atoms with Crippen LogP contribution in [0.25, 0.3) is 0 Å². The van der Waals surface area contributed by atoms with Crippen LogP contribution in [-0.4, -0.2) is 17.2 Å². The Balaban J connectivity index is 1.91. The molecule has 0 amide bonds. The summed E-state index contributed by atoms with van der Waals surface area (Å²) >= 11 is 0. The number of benzene rings is 1. The molecule has 21 heavy (non-hydrogen) atoms. The van der Waals surface area contributed by atoms with Crippen LogP contribution in [0, 0.1) is 5.92 Å². The molecule has 1 aromatic rings. The van der Waals surface area contributed by atoms with Crippen LogP contribution in [0.4, 0.5) is 0 Å². The Morgan fingerprint density at radius 1 is 1.24 bits per heavy atom. The standard InChI is InChI=1S/C18H30N2O/c1-17(2)13-15(18(3,4)21-17)16(20-19)12-8-11-14-9-6-5-7-10-14/h5-7,9-10,15-16,20H,8,11-13,19H2,1-4H3. The molecule has 0 aromatic heterocycles. The summed E-state index contributed by atoms with van der Waals surface area (Å²) in [5.41, 5.74) is 4.27. The Labute approximate surface area is 129 Å². The predicted octanol–water partition coefficient (Wildman–Crippen LogP) is 3.43. The van der Waals surface area contributed by atoms with Gasteiger partial charge in [-0.2, -0.15) is 0 Å². The van der Waals surface area contributed by atoms with E-state index in [-0.39, 0.29) is 11.2 Å². The number of ether oxygens (including phenoxy) is 1. The zero-order valence-electron chi connectivity index (χ0n) is 13.9. The Kier molecular flexibility index (Phi) is 5.07. The molecule has 1 fully saturated rings. The molecule has 1 heterocycles. The van der Waals surface area contributed by atoms with E-state index in [1.165, 1.54) is 5.56 Å². The van der Waals surface area contributed by atoms with Crippen molar-refractivity contribution in [3.63, 3.8) is 0 Å². The van der Waals surface area contributed by atoms with Gasteiger partial charge in [0.2, 0.25) is 0 Å². The number of aryl methyl sites for hydroxylation is 1. The van der Waals surface area contributed by atoms with Crippen LogP contribution < -0.4 is 11.3 Å². The van der Waals surface area contributed by atoms with E-state index in [1.807, 2.05) is 0 Å². The summed E-state index contributed by atoms with van der Waals surface area (Å²) in [6.07, 6.45) is 4.39. The second-order valence-electron chi connectivity index (χ2n) is 7.43. The van der Waals surface area contributed by atoms with Crippen molar-refractivity contribution < 1.29 is 4.74 Å². The van der Waals surface area contributed by atoms with Gasteiger partial charge in [-0.15, -0.1) is 0 Å². The highest BCUT2D eigenvalue weighted by Crippen LogP contribution is 2.44. The first-order valence-electron chi connectivity index (χ1n) is 8.04. The molecule has 2 unspecified atom stereocenters. The number of nitrogens with one attached hydrogen (secondary N) is 1. The van der Waals surface area contributed by atoms with E-state index in [0.717, 1.165) is 25.7 Å². The van der Waals surface area contributed by atoms with E-state index >= 15 is 0 Å². The molecule has 1 aliphatic rings. The maximum absolute atomic E-state index is 6.20. The fourth-order valence-electron chi connectivity index (χ4n) is 3.80. The molecule has 3 nitrogen and oxygen atoms in total. The molecule has 3 heteroatoms. The van der Waals surface area contributed by atoms with Gasteiger partial charge in [-0.3, -0.25) is 11.3 Å². The molecule has 1 saturated heterocycles. The zero-order chi connectivity index (χ0) is 15.5. The van der Waals surface area contributed by atoms with Crippen LogP contribution in [0.5, 0.6) is 0 Å².